The Bertz CT molecular complexity index is 166. The molecule has 0 amide bonds. The Labute approximate surface area is 108 Å². The number of unbranched alkanes of at least 4 members (excludes halogenated alkanes) is 3. The third-order valence-corrected chi connectivity index (χ3v) is 2.88. The molecule has 0 aliphatic rings. The summed E-state index contributed by atoms with van der Waals surface area (Å²) < 4.78 is 0. The smallest absolute Gasteiger partial charge is 0.0160 e. The summed E-state index contributed by atoms with van der Waals surface area (Å²) in [5, 5.41) is 3.46. The zero-order chi connectivity index (χ0) is 12.9. The summed E-state index contributed by atoms with van der Waals surface area (Å²) in [7, 11) is 0. The Morgan fingerprint density at radius 3 is 2.41 bits per heavy atom. The molecular formula is C15H32N2. The summed E-state index contributed by atoms with van der Waals surface area (Å²) in [6.45, 7) is 15.1. The van der Waals surface area contributed by atoms with Gasteiger partial charge in [0.1, 0.15) is 0 Å². The molecule has 102 valence electrons. The second-order valence-corrected chi connectivity index (χ2v) is 5.11. The number of nitrogens with zero attached hydrogens (tertiary/aromatic N) is 1. The van der Waals surface area contributed by atoms with Gasteiger partial charge in [0.15, 0.2) is 0 Å². The van der Waals surface area contributed by atoms with Crippen molar-refractivity contribution >= 4 is 0 Å². The van der Waals surface area contributed by atoms with E-state index in [0.717, 1.165) is 6.54 Å². The van der Waals surface area contributed by atoms with E-state index in [1.807, 2.05) is 6.08 Å². The van der Waals surface area contributed by atoms with Crippen LogP contribution in [0.3, 0.4) is 0 Å². The lowest BCUT2D eigenvalue weighted by atomic mass is 10.2. The molecule has 0 saturated carbocycles. The summed E-state index contributed by atoms with van der Waals surface area (Å²) in [5.74, 6) is 0. The quantitative estimate of drug-likeness (QED) is 0.415. The minimum Gasteiger partial charge on any atom is -0.315 e. The zero-order valence-electron chi connectivity index (χ0n) is 12.2. The van der Waals surface area contributed by atoms with Crippen LogP contribution in [0, 0.1) is 0 Å². The number of rotatable bonds is 12. The van der Waals surface area contributed by atoms with Crippen LogP contribution in [-0.2, 0) is 0 Å². The van der Waals surface area contributed by atoms with E-state index in [1.54, 1.807) is 0 Å². The largest absolute Gasteiger partial charge is 0.315 e. The SMILES string of the molecule is C=CCN(CCC)CCCCCCNC(C)C. The first-order chi connectivity index (χ1) is 8.20. The summed E-state index contributed by atoms with van der Waals surface area (Å²) >= 11 is 0. The van der Waals surface area contributed by atoms with Gasteiger partial charge in [-0.3, -0.25) is 4.90 Å². The Kier molecular flexibility index (Phi) is 11.9. The molecular weight excluding hydrogens is 208 g/mol. The third kappa shape index (κ3) is 11.9. The summed E-state index contributed by atoms with van der Waals surface area (Å²) in [6.07, 6.45) is 8.61. The van der Waals surface area contributed by atoms with Gasteiger partial charge in [0.2, 0.25) is 0 Å². The fraction of sp³-hybridized carbons (Fsp3) is 0.867. The molecule has 0 radical (unpaired) electrons. The van der Waals surface area contributed by atoms with Gasteiger partial charge in [0.25, 0.3) is 0 Å². The Morgan fingerprint density at radius 1 is 1.12 bits per heavy atom. The van der Waals surface area contributed by atoms with Gasteiger partial charge in [-0.05, 0) is 38.9 Å². The molecule has 17 heavy (non-hydrogen) atoms. The molecule has 2 heteroatoms. The third-order valence-electron chi connectivity index (χ3n) is 2.88. The standard InChI is InChI=1S/C15H32N2/c1-5-12-17(13-6-2)14-10-8-7-9-11-16-15(3)4/h5,15-16H,1,6-14H2,2-4H3. The van der Waals surface area contributed by atoms with E-state index in [9.17, 15) is 0 Å². The van der Waals surface area contributed by atoms with Crippen LogP contribution in [0.25, 0.3) is 0 Å². The van der Waals surface area contributed by atoms with E-state index in [4.69, 9.17) is 0 Å². The van der Waals surface area contributed by atoms with Gasteiger partial charge < -0.3 is 5.32 Å². The normalized spacial score (nSPS) is 11.4. The van der Waals surface area contributed by atoms with Crippen molar-refractivity contribution in [2.24, 2.45) is 0 Å². The average molecular weight is 240 g/mol. The summed E-state index contributed by atoms with van der Waals surface area (Å²) in [6, 6.07) is 0.627. The van der Waals surface area contributed by atoms with E-state index < -0.39 is 0 Å². The lowest BCUT2D eigenvalue weighted by molar-refractivity contribution is 0.294. The van der Waals surface area contributed by atoms with Crippen molar-refractivity contribution in [1.82, 2.24) is 10.2 Å². The van der Waals surface area contributed by atoms with Gasteiger partial charge in [-0.1, -0.05) is 39.7 Å². The van der Waals surface area contributed by atoms with Crippen molar-refractivity contribution in [3.8, 4) is 0 Å². The molecule has 0 bridgehead atoms. The zero-order valence-corrected chi connectivity index (χ0v) is 12.2. The van der Waals surface area contributed by atoms with Crippen LogP contribution in [0.2, 0.25) is 0 Å². The number of nitrogens with one attached hydrogen (secondary N) is 1. The minimum absolute atomic E-state index is 0.627. The molecule has 0 aromatic heterocycles. The Balaban J connectivity index is 3.32. The van der Waals surface area contributed by atoms with Gasteiger partial charge in [-0.15, -0.1) is 6.58 Å². The van der Waals surface area contributed by atoms with Crippen LogP contribution >= 0.6 is 0 Å². The first kappa shape index (κ1) is 16.7. The van der Waals surface area contributed by atoms with E-state index >= 15 is 0 Å². The summed E-state index contributed by atoms with van der Waals surface area (Å²) in [5.41, 5.74) is 0. The van der Waals surface area contributed by atoms with E-state index in [1.165, 1.54) is 51.7 Å². The van der Waals surface area contributed by atoms with Crippen LogP contribution in [0.5, 0.6) is 0 Å². The fourth-order valence-corrected chi connectivity index (χ4v) is 2.00. The summed E-state index contributed by atoms with van der Waals surface area (Å²) in [4.78, 5) is 2.50. The van der Waals surface area contributed by atoms with Gasteiger partial charge in [-0.25, -0.2) is 0 Å². The lowest BCUT2D eigenvalue weighted by Gasteiger charge is -2.19. The van der Waals surface area contributed by atoms with Crippen molar-refractivity contribution in [1.29, 1.82) is 0 Å². The second-order valence-electron chi connectivity index (χ2n) is 5.11. The van der Waals surface area contributed by atoms with Crippen LogP contribution in [0.15, 0.2) is 12.7 Å². The molecule has 0 saturated heterocycles. The van der Waals surface area contributed by atoms with Crippen molar-refractivity contribution in [2.75, 3.05) is 26.2 Å². The molecule has 0 spiro atoms. The Morgan fingerprint density at radius 2 is 1.82 bits per heavy atom. The van der Waals surface area contributed by atoms with Crippen LogP contribution in [0.4, 0.5) is 0 Å². The minimum atomic E-state index is 0.627. The maximum Gasteiger partial charge on any atom is 0.0160 e. The number of hydrogen-bond donors (Lipinski definition) is 1. The van der Waals surface area contributed by atoms with Gasteiger partial charge in [0, 0.05) is 12.6 Å². The molecule has 0 aromatic rings. The van der Waals surface area contributed by atoms with Gasteiger partial charge in [-0.2, -0.15) is 0 Å². The van der Waals surface area contributed by atoms with Crippen LogP contribution in [-0.4, -0.2) is 37.1 Å². The highest BCUT2D eigenvalue weighted by molar-refractivity contribution is 4.73. The molecule has 0 atom stereocenters. The van der Waals surface area contributed by atoms with Crippen LogP contribution in [0.1, 0.15) is 52.9 Å². The Hall–Kier alpha value is -0.340. The molecule has 0 aliphatic heterocycles. The maximum absolute atomic E-state index is 3.82. The fourth-order valence-electron chi connectivity index (χ4n) is 2.00. The molecule has 0 unspecified atom stereocenters. The van der Waals surface area contributed by atoms with Crippen molar-refractivity contribution < 1.29 is 0 Å². The van der Waals surface area contributed by atoms with Crippen molar-refractivity contribution in [3.63, 3.8) is 0 Å². The van der Waals surface area contributed by atoms with Crippen molar-refractivity contribution in [2.45, 2.75) is 58.9 Å². The monoisotopic (exact) mass is 240 g/mol. The topological polar surface area (TPSA) is 15.3 Å². The van der Waals surface area contributed by atoms with Crippen LogP contribution < -0.4 is 5.32 Å². The molecule has 0 aromatic carbocycles. The van der Waals surface area contributed by atoms with E-state index in [-0.39, 0.29) is 0 Å². The first-order valence-electron chi connectivity index (χ1n) is 7.27. The van der Waals surface area contributed by atoms with E-state index in [0.29, 0.717) is 6.04 Å². The average Bonchev–Trinajstić information content (AvgIpc) is 2.28. The van der Waals surface area contributed by atoms with Crippen molar-refractivity contribution in [3.05, 3.63) is 12.7 Å². The molecule has 0 fully saturated rings. The predicted octanol–water partition coefficient (Wildman–Crippen LogP) is 3.44. The van der Waals surface area contributed by atoms with Gasteiger partial charge in [0.05, 0.1) is 0 Å². The molecule has 0 aliphatic carbocycles. The number of hydrogen-bond acceptors (Lipinski definition) is 2. The van der Waals surface area contributed by atoms with E-state index in [2.05, 4.69) is 37.6 Å². The molecule has 0 heterocycles. The molecule has 2 nitrogen and oxygen atoms in total. The second kappa shape index (κ2) is 12.1. The highest BCUT2D eigenvalue weighted by Crippen LogP contribution is 2.02. The highest BCUT2D eigenvalue weighted by Gasteiger charge is 2.00. The predicted molar refractivity (Wildman–Crippen MR) is 78.5 cm³/mol. The molecule has 0 rings (SSSR count). The first-order valence-corrected chi connectivity index (χ1v) is 7.27. The maximum atomic E-state index is 3.82. The lowest BCUT2D eigenvalue weighted by Crippen LogP contribution is -2.26. The van der Waals surface area contributed by atoms with Gasteiger partial charge >= 0.3 is 0 Å². The molecule has 1 N–H and O–H groups in total. The highest BCUT2D eigenvalue weighted by atomic mass is 15.1.